The van der Waals surface area contributed by atoms with Crippen LogP contribution in [-0.4, -0.2) is 17.0 Å². The fraction of sp³-hybridized carbons (Fsp3) is 0.500. The van der Waals surface area contributed by atoms with Gasteiger partial charge in [0.15, 0.2) is 0 Å². The first-order valence-electron chi connectivity index (χ1n) is 7.09. The highest BCUT2D eigenvalue weighted by Gasteiger charge is 2.35. The fourth-order valence-corrected chi connectivity index (χ4v) is 3.02. The molecule has 4 heteroatoms. The number of carboxylic acid groups (broad SMARTS) is 1. The maximum atomic E-state index is 12.3. The summed E-state index contributed by atoms with van der Waals surface area (Å²) in [5.41, 5.74) is 2.92. The van der Waals surface area contributed by atoms with Crippen LogP contribution in [0.2, 0.25) is 0 Å². The Morgan fingerprint density at radius 3 is 2.15 bits per heavy atom. The molecular weight excluding hydrogens is 254 g/mol. The molecular formula is C16H21NO3. The number of rotatable bonds is 3. The molecule has 1 fully saturated rings. The monoisotopic (exact) mass is 275 g/mol. The van der Waals surface area contributed by atoms with Gasteiger partial charge in [0.2, 0.25) is 5.91 Å². The molecule has 0 spiro atoms. The number of aryl methyl sites for hydroxylation is 2. The van der Waals surface area contributed by atoms with Gasteiger partial charge in [0, 0.05) is 5.69 Å². The topological polar surface area (TPSA) is 66.4 Å². The summed E-state index contributed by atoms with van der Waals surface area (Å²) in [4.78, 5) is 23.6. The van der Waals surface area contributed by atoms with Crippen molar-refractivity contribution in [1.82, 2.24) is 0 Å². The van der Waals surface area contributed by atoms with E-state index in [1.165, 1.54) is 0 Å². The lowest BCUT2D eigenvalue weighted by molar-refractivity contribution is -0.147. The summed E-state index contributed by atoms with van der Waals surface area (Å²) in [7, 11) is 0. The Hall–Kier alpha value is -1.84. The second-order valence-corrected chi connectivity index (χ2v) is 5.70. The number of nitrogens with one attached hydrogen (secondary N) is 1. The molecule has 1 aliphatic carbocycles. The zero-order chi connectivity index (χ0) is 14.7. The minimum atomic E-state index is -0.856. The summed E-state index contributed by atoms with van der Waals surface area (Å²) in [6.07, 6.45) is 3.08. The molecule has 0 aliphatic heterocycles. The van der Waals surface area contributed by atoms with Gasteiger partial charge in [-0.25, -0.2) is 0 Å². The molecule has 1 aromatic carbocycles. The minimum Gasteiger partial charge on any atom is -0.481 e. The number of carbonyl (C=O) groups is 2. The van der Waals surface area contributed by atoms with E-state index < -0.39 is 17.8 Å². The molecule has 20 heavy (non-hydrogen) atoms. The van der Waals surface area contributed by atoms with Crippen LogP contribution in [-0.2, 0) is 9.59 Å². The van der Waals surface area contributed by atoms with Crippen LogP contribution in [0.3, 0.4) is 0 Å². The highest BCUT2D eigenvalue weighted by molar-refractivity contribution is 5.95. The largest absolute Gasteiger partial charge is 0.481 e. The van der Waals surface area contributed by atoms with Crippen molar-refractivity contribution in [3.05, 3.63) is 29.3 Å². The molecule has 108 valence electrons. The highest BCUT2D eigenvalue weighted by atomic mass is 16.4. The van der Waals surface area contributed by atoms with Gasteiger partial charge >= 0.3 is 5.97 Å². The molecule has 1 saturated carbocycles. The van der Waals surface area contributed by atoms with E-state index in [9.17, 15) is 14.7 Å². The van der Waals surface area contributed by atoms with Crippen LogP contribution in [0.15, 0.2) is 18.2 Å². The number of anilines is 1. The molecule has 0 radical (unpaired) electrons. The van der Waals surface area contributed by atoms with E-state index in [0.717, 1.165) is 29.7 Å². The standard InChI is InChI=1S/C16H21NO3/c1-10-7-11(2)9-12(8-10)17-15(18)13-5-3-4-6-14(13)16(19)20/h7-9,13-14H,3-6H2,1-2H3,(H,17,18)(H,19,20)/t13-,14-/m0/s1. The molecule has 2 atom stereocenters. The van der Waals surface area contributed by atoms with Crippen LogP contribution in [0.1, 0.15) is 36.8 Å². The zero-order valence-electron chi connectivity index (χ0n) is 12.0. The second kappa shape index (κ2) is 6.07. The van der Waals surface area contributed by atoms with Crippen LogP contribution in [0.25, 0.3) is 0 Å². The molecule has 2 rings (SSSR count). The van der Waals surface area contributed by atoms with Crippen molar-refractivity contribution in [2.45, 2.75) is 39.5 Å². The van der Waals surface area contributed by atoms with Crippen LogP contribution >= 0.6 is 0 Å². The number of hydrogen-bond donors (Lipinski definition) is 2. The van der Waals surface area contributed by atoms with E-state index >= 15 is 0 Å². The van der Waals surface area contributed by atoms with E-state index in [4.69, 9.17) is 0 Å². The maximum absolute atomic E-state index is 12.3. The number of aliphatic carboxylic acids is 1. The molecule has 2 N–H and O–H groups in total. The van der Waals surface area contributed by atoms with Crippen LogP contribution in [0.5, 0.6) is 0 Å². The van der Waals surface area contributed by atoms with E-state index in [2.05, 4.69) is 5.32 Å². The molecule has 0 bridgehead atoms. The Kier molecular flexibility index (Phi) is 4.42. The Bertz CT molecular complexity index is 504. The summed E-state index contributed by atoms with van der Waals surface area (Å²) in [5, 5.41) is 12.1. The highest BCUT2D eigenvalue weighted by Crippen LogP contribution is 2.31. The van der Waals surface area contributed by atoms with Gasteiger partial charge in [-0.3, -0.25) is 9.59 Å². The van der Waals surface area contributed by atoms with Gasteiger partial charge in [0.25, 0.3) is 0 Å². The van der Waals surface area contributed by atoms with Gasteiger partial charge in [-0.05, 0) is 49.9 Å². The van der Waals surface area contributed by atoms with Crippen molar-refractivity contribution in [2.75, 3.05) is 5.32 Å². The third kappa shape index (κ3) is 3.38. The molecule has 1 amide bonds. The fourth-order valence-electron chi connectivity index (χ4n) is 3.02. The Labute approximate surface area is 119 Å². The zero-order valence-corrected chi connectivity index (χ0v) is 12.0. The van der Waals surface area contributed by atoms with E-state index in [0.29, 0.717) is 12.8 Å². The maximum Gasteiger partial charge on any atom is 0.307 e. The molecule has 1 aromatic rings. The Balaban J connectivity index is 2.11. The van der Waals surface area contributed by atoms with Gasteiger partial charge in [-0.15, -0.1) is 0 Å². The molecule has 0 saturated heterocycles. The Morgan fingerprint density at radius 2 is 1.60 bits per heavy atom. The summed E-state index contributed by atoms with van der Waals surface area (Å²) in [5.74, 6) is -1.98. The van der Waals surface area contributed by atoms with Crippen molar-refractivity contribution in [1.29, 1.82) is 0 Å². The van der Waals surface area contributed by atoms with Crippen molar-refractivity contribution in [3.63, 3.8) is 0 Å². The van der Waals surface area contributed by atoms with Gasteiger partial charge in [-0.2, -0.15) is 0 Å². The Morgan fingerprint density at radius 1 is 1.05 bits per heavy atom. The van der Waals surface area contributed by atoms with E-state index in [1.807, 2.05) is 32.0 Å². The normalized spacial score (nSPS) is 22.3. The average Bonchev–Trinajstić information content (AvgIpc) is 2.37. The third-order valence-electron chi connectivity index (χ3n) is 3.91. The minimum absolute atomic E-state index is 0.165. The lowest BCUT2D eigenvalue weighted by atomic mass is 9.78. The predicted octanol–water partition coefficient (Wildman–Crippen LogP) is 3.13. The third-order valence-corrected chi connectivity index (χ3v) is 3.91. The summed E-state index contributed by atoms with van der Waals surface area (Å²) in [6.45, 7) is 3.95. The van der Waals surface area contributed by atoms with Crippen molar-refractivity contribution in [2.24, 2.45) is 11.8 Å². The first-order chi connectivity index (χ1) is 9.47. The van der Waals surface area contributed by atoms with E-state index in [-0.39, 0.29) is 5.91 Å². The summed E-state index contributed by atoms with van der Waals surface area (Å²) in [6, 6.07) is 5.85. The quantitative estimate of drug-likeness (QED) is 0.890. The van der Waals surface area contributed by atoms with Crippen LogP contribution in [0.4, 0.5) is 5.69 Å². The average molecular weight is 275 g/mol. The molecule has 0 heterocycles. The first-order valence-corrected chi connectivity index (χ1v) is 7.09. The smallest absolute Gasteiger partial charge is 0.307 e. The summed E-state index contributed by atoms with van der Waals surface area (Å²) >= 11 is 0. The van der Waals surface area contributed by atoms with Gasteiger partial charge in [-0.1, -0.05) is 18.9 Å². The molecule has 0 aromatic heterocycles. The number of benzene rings is 1. The number of hydrogen-bond acceptors (Lipinski definition) is 2. The van der Waals surface area contributed by atoms with E-state index in [1.54, 1.807) is 0 Å². The van der Waals surface area contributed by atoms with Crippen LogP contribution in [0, 0.1) is 25.7 Å². The van der Waals surface area contributed by atoms with Gasteiger partial charge in [0.1, 0.15) is 0 Å². The number of carboxylic acids is 1. The first kappa shape index (κ1) is 14.6. The molecule has 4 nitrogen and oxygen atoms in total. The van der Waals surface area contributed by atoms with Crippen molar-refractivity contribution >= 4 is 17.6 Å². The van der Waals surface area contributed by atoms with Crippen molar-refractivity contribution in [3.8, 4) is 0 Å². The SMILES string of the molecule is Cc1cc(C)cc(NC(=O)[C@H]2CCCC[C@@H]2C(=O)O)c1. The number of amides is 1. The predicted molar refractivity (Wildman–Crippen MR) is 77.6 cm³/mol. The lowest BCUT2D eigenvalue weighted by Crippen LogP contribution is -2.36. The molecule has 0 unspecified atom stereocenters. The second-order valence-electron chi connectivity index (χ2n) is 5.70. The van der Waals surface area contributed by atoms with Crippen LogP contribution < -0.4 is 5.32 Å². The number of carbonyl (C=O) groups excluding carboxylic acids is 1. The summed E-state index contributed by atoms with van der Waals surface area (Å²) < 4.78 is 0. The van der Waals surface area contributed by atoms with Crippen molar-refractivity contribution < 1.29 is 14.7 Å². The van der Waals surface area contributed by atoms with Gasteiger partial charge in [0.05, 0.1) is 11.8 Å². The lowest BCUT2D eigenvalue weighted by Gasteiger charge is -2.27. The molecule has 1 aliphatic rings. The van der Waals surface area contributed by atoms with Gasteiger partial charge < -0.3 is 10.4 Å².